The van der Waals surface area contributed by atoms with Gasteiger partial charge in [0.05, 0.1) is 30.5 Å². The molecular weight excluding hydrogens is 480 g/mol. The van der Waals surface area contributed by atoms with Crippen molar-refractivity contribution in [1.82, 2.24) is 30.1 Å². The van der Waals surface area contributed by atoms with Crippen molar-refractivity contribution in [3.8, 4) is 0 Å². The van der Waals surface area contributed by atoms with Crippen molar-refractivity contribution < 1.29 is 9.15 Å². The molecule has 6 rings (SSSR count). The normalized spacial score (nSPS) is 19.5. The third kappa shape index (κ3) is 4.92. The molecule has 0 spiro atoms. The fourth-order valence-electron chi connectivity index (χ4n) is 6.17. The van der Waals surface area contributed by atoms with E-state index >= 15 is 0 Å². The first kappa shape index (κ1) is 25.0. The van der Waals surface area contributed by atoms with Gasteiger partial charge in [-0.15, -0.1) is 5.10 Å². The molecule has 200 valence electrons. The highest BCUT2D eigenvalue weighted by Gasteiger charge is 2.35. The fourth-order valence-corrected chi connectivity index (χ4v) is 6.17. The van der Waals surface area contributed by atoms with Gasteiger partial charge in [0.2, 0.25) is 0 Å². The summed E-state index contributed by atoms with van der Waals surface area (Å²) in [7, 11) is 0. The number of rotatable bonds is 8. The summed E-state index contributed by atoms with van der Waals surface area (Å²) < 4.78 is 13.8. The number of benzene rings is 1. The lowest BCUT2D eigenvalue weighted by Crippen LogP contribution is -2.39. The van der Waals surface area contributed by atoms with Crippen LogP contribution in [0.1, 0.15) is 85.3 Å². The summed E-state index contributed by atoms with van der Waals surface area (Å²) in [4.78, 5) is 19.3. The van der Waals surface area contributed by atoms with Crippen LogP contribution in [0.5, 0.6) is 0 Å². The minimum atomic E-state index is -0.464. The summed E-state index contributed by atoms with van der Waals surface area (Å²) in [5, 5.41) is 14.3. The molecule has 1 saturated carbocycles. The average molecular weight is 517 g/mol. The maximum absolute atomic E-state index is 13.9. The topological polar surface area (TPSA) is 102 Å². The molecule has 2 atom stereocenters. The molecule has 0 bridgehead atoms. The molecule has 3 aromatic heterocycles. The highest BCUT2D eigenvalue weighted by molar-refractivity contribution is 5.85. The van der Waals surface area contributed by atoms with E-state index in [2.05, 4.69) is 44.5 Å². The van der Waals surface area contributed by atoms with Gasteiger partial charge < -0.3 is 14.1 Å². The molecule has 1 aromatic carbocycles. The van der Waals surface area contributed by atoms with E-state index in [9.17, 15) is 4.79 Å². The first-order valence-corrected chi connectivity index (χ1v) is 13.9. The van der Waals surface area contributed by atoms with Gasteiger partial charge in [0.15, 0.2) is 5.82 Å². The first-order chi connectivity index (χ1) is 18.6. The van der Waals surface area contributed by atoms with Gasteiger partial charge in [0.1, 0.15) is 11.8 Å². The third-order valence-electron chi connectivity index (χ3n) is 8.22. The Labute approximate surface area is 222 Å². The largest absolute Gasteiger partial charge is 0.468 e. The number of hydrogen-bond donors (Lipinski definition) is 1. The van der Waals surface area contributed by atoms with Crippen LogP contribution >= 0.6 is 0 Å². The number of aromatic amines is 1. The van der Waals surface area contributed by atoms with Crippen LogP contribution < -0.4 is 5.56 Å². The number of tetrazole rings is 1. The average Bonchev–Trinajstić information content (AvgIpc) is 3.72. The minimum absolute atomic E-state index is 0.0787. The predicted molar refractivity (Wildman–Crippen MR) is 144 cm³/mol. The van der Waals surface area contributed by atoms with E-state index in [1.807, 2.05) is 29.8 Å². The number of fused-ring (bicyclic) bond motifs is 1. The smallest absolute Gasteiger partial charge is 0.253 e. The summed E-state index contributed by atoms with van der Waals surface area (Å²) in [6.45, 7) is 6.03. The van der Waals surface area contributed by atoms with Crippen LogP contribution in [0.2, 0.25) is 0 Å². The zero-order valence-corrected chi connectivity index (χ0v) is 22.2. The molecule has 1 N–H and O–H groups in total. The third-order valence-corrected chi connectivity index (χ3v) is 8.22. The number of furan rings is 1. The lowest BCUT2D eigenvalue weighted by atomic mass is 9.94. The first-order valence-electron chi connectivity index (χ1n) is 13.9. The zero-order chi connectivity index (χ0) is 26.1. The Hall–Kier alpha value is -3.30. The summed E-state index contributed by atoms with van der Waals surface area (Å²) in [5.74, 6) is 1.53. The van der Waals surface area contributed by atoms with E-state index in [1.165, 1.54) is 6.42 Å². The van der Waals surface area contributed by atoms with E-state index in [4.69, 9.17) is 9.15 Å². The molecule has 9 heteroatoms. The molecule has 0 radical (unpaired) electrons. The van der Waals surface area contributed by atoms with E-state index in [0.29, 0.717) is 24.5 Å². The number of nitrogens with one attached hydrogen (secondary N) is 1. The predicted octanol–water partition coefficient (Wildman–Crippen LogP) is 5.00. The maximum atomic E-state index is 13.9. The Kier molecular flexibility index (Phi) is 7.12. The molecule has 38 heavy (non-hydrogen) atoms. The Bertz CT molecular complexity index is 1430. The van der Waals surface area contributed by atoms with Gasteiger partial charge in [-0.3, -0.25) is 9.69 Å². The zero-order valence-electron chi connectivity index (χ0n) is 22.2. The lowest BCUT2D eigenvalue weighted by molar-refractivity contribution is 0.0539. The van der Waals surface area contributed by atoms with Crippen molar-refractivity contribution in [2.24, 2.45) is 0 Å². The molecule has 2 fully saturated rings. The van der Waals surface area contributed by atoms with Crippen molar-refractivity contribution >= 4 is 10.9 Å². The molecule has 9 nitrogen and oxygen atoms in total. The number of aryl methyl sites for hydroxylation is 2. The van der Waals surface area contributed by atoms with Crippen molar-refractivity contribution in [2.45, 2.75) is 83.5 Å². The van der Waals surface area contributed by atoms with Crippen molar-refractivity contribution in [2.75, 3.05) is 13.2 Å². The summed E-state index contributed by atoms with van der Waals surface area (Å²) in [6, 6.07) is 9.84. The van der Waals surface area contributed by atoms with E-state index in [0.717, 1.165) is 72.9 Å². The SMILES string of the molecule is Cc1ccc(C)c2[nH]c(=O)c(C(c3nnnn3C3CCCCC3)N(Cc3ccco3)CC3CCCO3)cc12. The van der Waals surface area contributed by atoms with E-state index < -0.39 is 6.04 Å². The Morgan fingerprint density at radius 1 is 1.11 bits per heavy atom. The molecular formula is C29H36N6O3. The fraction of sp³-hybridized carbons (Fsp3) is 0.517. The van der Waals surface area contributed by atoms with Gasteiger partial charge >= 0.3 is 0 Å². The van der Waals surface area contributed by atoms with E-state index in [1.54, 1.807) is 6.26 Å². The minimum Gasteiger partial charge on any atom is -0.468 e. The number of hydrogen-bond acceptors (Lipinski definition) is 7. The molecule has 2 unspecified atom stereocenters. The summed E-state index contributed by atoms with van der Waals surface area (Å²) >= 11 is 0. The molecule has 4 heterocycles. The summed E-state index contributed by atoms with van der Waals surface area (Å²) in [5.41, 5.74) is 3.56. The Balaban J connectivity index is 1.52. The van der Waals surface area contributed by atoms with Crippen LogP contribution in [0.4, 0.5) is 0 Å². The standard InChI is InChI=1S/C29H36N6O3/c1-19-12-13-20(2)26-24(19)16-25(29(36)30-26)27(28-31-32-33-35(28)21-8-4-3-5-9-21)34(17-22-10-6-14-37-22)18-23-11-7-15-38-23/h6,10,12-14,16,21,23,27H,3-5,7-9,11,15,17-18H2,1-2H3,(H,30,36). The molecule has 2 aliphatic rings. The van der Waals surface area contributed by atoms with Crippen LogP contribution in [0, 0.1) is 13.8 Å². The quantitative estimate of drug-likeness (QED) is 0.352. The molecule has 0 amide bonds. The number of ether oxygens (including phenoxy) is 1. The van der Waals surface area contributed by atoms with Crippen LogP contribution in [0.3, 0.4) is 0 Å². The van der Waals surface area contributed by atoms with Crippen molar-refractivity contribution in [3.63, 3.8) is 0 Å². The number of pyridine rings is 1. The molecule has 1 aliphatic carbocycles. The highest BCUT2D eigenvalue weighted by Crippen LogP contribution is 2.35. The van der Waals surface area contributed by atoms with Gasteiger partial charge in [-0.2, -0.15) is 0 Å². The van der Waals surface area contributed by atoms with Gasteiger partial charge in [-0.1, -0.05) is 31.4 Å². The van der Waals surface area contributed by atoms with Crippen LogP contribution in [0.15, 0.2) is 45.8 Å². The van der Waals surface area contributed by atoms with Gasteiger partial charge in [-0.05, 0) is 79.3 Å². The number of nitrogens with zero attached hydrogens (tertiary/aromatic N) is 5. The summed E-state index contributed by atoms with van der Waals surface area (Å²) in [6.07, 6.45) is 9.45. The van der Waals surface area contributed by atoms with Crippen LogP contribution in [-0.4, -0.2) is 49.3 Å². The second-order valence-corrected chi connectivity index (χ2v) is 10.9. The number of aromatic nitrogens is 5. The molecule has 1 aliphatic heterocycles. The Morgan fingerprint density at radius 2 is 1.95 bits per heavy atom. The molecule has 1 saturated heterocycles. The number of H-pyrrole nitrogens is 1. The van der Waals surface area contributed by atoms with Crippen molar-refractivity contribution in [3.05, 3.63) is 75.2 Å². The highest BCUT2D eigenvalue weighted by atomic mass is 16.5. The van der Waals surface area contributed by atoms with Gasteiger partial charge in [0.25, 0.3) is 5.56 Å². The Morgan fingerprint density at radius 3 is 2.71 bits per heavy atom. The van der Waals surface area contributed by atoms with Crippen LogP contribution in [0.25, 0.3) is 10.9 Å². The monoisotopic (exact) mass is 516 g/mol. The van der Waals surface area contributed by atoms with Crippen molar-refractivity contribution in [1.29, 1.82) is 0 Å². The van der Waals surface area contributed by atoms with Gasteiger partial charge in [0, 0.05) is 24.1 Å². The van der Waals surface area contributed by atoms with E-state index in [-0.39, 0.29) is 17.7 Å². The van der Waals surface area contributed by atoms with Crippen LogP contribution in [-0.2, 0) is 11.3 Å². The second kappa shape index (κ2) is 10.8. The lowest BCUT2D eigenvalue weighted by Gasteiger charge is -2.33. The second-order valence-electron chi connectivity index (χ2n) is 10.9. The molecule has 4 aromatic rings. The van der Waals surface area contributed by atoms with Gasteiger partial charge in [-0.25, -0.2) is 4.68 Å². The maximum Gasteiger partial charge on any atom is 0.253 e.